The molecular formula is C26H34N2OS. The molecule has 0 saturated carbocycles. The van der Waals surface area contributed by atoms with Crippen LogP contribution in [0, 0.1) is 20.8 Å². The van der Waals surface area contributed by atoms with E-state index in [2.05, 4.69) is 31.0 Å². The summed E-state index contributed by atoms with van der Waals surface area (Å²) >= 11 is 1.50. The van der Waals surface area contributed by atoms with Crippen LogP contribution in [-0.2, 0) is 13.0 Å². The van der Waals surface area contributed by atoms with Gasteiger partial charge < -0.3 is 4.90 Å². The molecule has 4 rings (SSSR count). The second kappa shape index (κ2) is 11.1. The van der Waals surface area contributed by atoms with E-state index in [1.54, 1.807) is 0 Å². The maximum Gasteiger partial charge on any atom is 0.266 e. The van der Waals surface area contributed by atoms with Crippen LogP contribution in [0.4, 0.5) is 0 Å². The molecule has 0 saturated heterocycles. The minimum Gasteiger partial charge on any atom is -0.333 e. The lowest BCUT2D eigenvalue weighted by molar-refractivity contribution is 0.0738. The number of rotatable bonds is 2. The van der Waals surface area contributed by atoms with Gasteiger partial charge in [-0.1, -0.05) is 70.2 Å². The minimum absolute atomic E-state index is 0.103. The number of carbonyl (C=O) groups excluding carboxylic acids is 1. The van der Waals surface area contributed by atoms with E-state index in [9.17, 15) is 4.79 Å². The number of nitrogens with zero attached hydrogens (tertiary/aromatic N) is 2. The molecule has 1 aromatic heterocycles. The topological polar surface area (TPSA) is 33.2 Å². The highest BCUT2D eigenvalue weighted by atomic mass is 32.1. The van der Waals surface area contributed by atoms with Gasteiger partial charge >= 0.3 is 0 Å². The third-order valence-corrected chi connectivity index (χ3v) is 6.32. The highest BCUT2D eigenvalue weighted by Crippen LogP contribution is 2.30. The third-order valence-electron chi connectivity index (χ3n) is 5.13. The molecule has 0 unspecified atom stereocenters. The molecule has 0 fully saturated rings. The average molecular weight is 423 g/mol. The Kier molecular flexibility index (Phi) is 8.79. The van der Waals surface area contributed by atoms with E-state index >= 15 is 0 Å². The fourth-order valence-electron chi connectivity index (χ4n) is 3.47. The molecule has 2 heterocycles. The van der Waals surface area contributed by atoms with Crippen molar-refractivity contribution in [1.29, 1.82) is 0 Å². The van der Waals surface area contributed by atoms with Crippen molar-refractivity contribution in [1.82, 2.24) is 9.88 Å². The van der Waals surface area contributed by atoms with Gasteiger partial charge in [0.05, 0.1) is 5.69 Å². The highest BCUT2D eigenvalue weighted by Gasteiger charge is 2.25. The SMILES string of the molecule is CC.CC.Cc1cc2c(cc1C)CN(C(=O)c1sc(-c3ccccc3)nc1C)CC2. The van der Waals surface area contributed by atoms with E-state index in [1.165, 1.54) is 33.6 Å². The molecule has 30 heavy (non-hydrogen) atoms. The first-order valence-electron chi connectivity index (χ1n) is 10.9. The number of hydrogen-bond donors (Lipinski definition) is 0. The lowest BCUT2D eigenvalue weighted by atomic mass is 9.94. The van der Waals surface area contributed by atoms with E-state index in [0.717, 1.165) is 34.1 Å². The molecule has 2 aromatic carbocycles. The maximum absolute atomic E-state index is 13.1. The molecule has 0 spiro atoms. The largest absolute Gasteiger partial charge is 0.333 e. The molecule has 1 aliphatic rings. The smallest absolute Gasteiger partial charge is 0.266 e. The number of thiazole rings is 1. The zero-order chi connectivity index (χ0) is 22.3. The van der Waals surface area contributed by atoms with Crippen molar-refractivity contribution in [3.63, 3.8) is 0 Å². The number of hydrogen-bond acceptors (Lipinski definition) is 3. The number of aryl methyl sites for hydroxylation is 3. The number of carbonyl (C=O) groups is 1. The Balaban J connectivity index is 0.000000757. The number of amides is 1. The molecule has 0 aliphatic carbocycles. The van der Waals surface area contributed by atoms with Gasteiger partial charge in [0, 0.05) is 18.7 Å². The molecule has 3 aromatic rings. The van der Waals surface area contributed by atoms with Crippen LogP contribution in [0.15, 0.2) is 42.5 Å². The average Bonchev–Trinajstić information content (AvgIpc) is 3.19. The zero-order valence-electron chi connectivity index (χ0n) is 19.4. The first-order chi connectivity index (χ1) is 14.5. The number of benzene rings is 2. The van der Waals surface area contributed by atoms with Crippen LogP contribution in [-0.4, -0.2) is 22.3 Å². The molecular weight excluding hydrogens is 388 g/mol. The van der Waals surface area contributed by atoms with Crippen LogP contribution in [0.25, 0.3) is 10.6 Å². The van der Waals surface area contributed by atoms with Crippen molar-refractivity contribution in [2.24, 2.45) is 0 Å². The molecule has 0 N–H and O–H groups in total. The van der Waals surface area contributed by atoms with Crippen molar-refractivity contribution in [3.8, 4) is 10.6 Å². The van der Waals surface area contributed by atoms with Gasteiger partial charge in [0.1, 0.15) is 9.88 Å². The summed E-state index contributed by atoms with van der Waals surface area (Å²) in [7, 11) is 0. The molecule has 0 radical (unpaired) electrons. The molecule has 0 bridgehead atoms. The van der Waals surface area contributed by atoms with Gasteiger partial charge in [-0.25, -0.2) is 4.98 Å². The summed E-state index contributed by atoms with van der Waals surface area (Å²) < 4.78 is 0. The predicted molar refractivity (Wildman–Crippen MR) is 129 cm³/mol. The summed E-state index contributed by atoms with van der Waals surface area (Å²) in [5.41, 5.74) is 7.16. The van der Waals surface area contributed by atoms with Crippen LogP contribution >= 0.6 is 11.3 Å². The summed E-state index contributed by atoms with van der Waals surface area (Å²) in [6.07, 6.45) is 0.922. The Bertz CT molecular complexity index is 976. The van der Waals surface area contributed by atoms with Crippen molar-refractivity contribution in [3.05, 3.63) is 75.3 Å². The molecule has 1 aliphatic heterocycles. The Morgan fingerprint density at radius 2 is 1.53 bits per heavy atom. The minimum atomic E-state index is 0.103. The first-order valence-corrected chi connectivity index (χ1v) is 11.8. The first kappa shape index (κ1) is 23.8. The molecule has 160 valence electrons. The molecule has 1 amide bonds. The van der Waals surface area contributed by atoms with Crippen molar-refractivity contribution in [2.75, 3.05) is 6.54 Å². The lowest BCUT2D eigenvalue weighted by Crippen LogP contribution is -2.36. The van der Waals surface area contributed by atoms with E-state index in [4.69, 9.17) is 0 Å². The Morgan fingerprint density at radius 1 is 0.933 bits per heavy atom. The monoisotopic (exact) mass is 422 g/mol. The lowest BCUT2D eigenvalue weighted by Gasteiger charge is -2.29. The van der Waals surface area contributed by atoms with Crippen molar-refractivity contribution >= 4 is 17.2 Å². The van der Waals surface area contributed by atoms with Crippen LogP contribution in [0.2, 0.25) is 0 Å². The van der Waals surface area contributed by atoms with E-state index in [1.807, 2.05) is 69.9 Å². The van der Waals surface area contributed by atoms with E-state index in [0.29, 0.717) is 6.54 Å². The van der Waals surface area contributed by atoms with Gasteiger partial charge in [0.25, 0.3) is 5.91 Å². The Hall–Kier alpha value is -2.46. The second-order valence-electron chi connectivity index (χ2n) is 6.98. The summed E-state index contributed by atoms with van der Waals surface area (Å²) in [4.78, 5) is 20.5. The predicted octanol–water partition coefficient (Wildman–Crippen LogP) is 6.99. The molecule has 4 heteroatoms. The van der Waals surface area contributed by atoms with Gasteiger partial charge in [-0.05, 0) is 49.4 Å². The highest BCUT2D eigenvalue weighted by molar-refractivity contribution is 7.17. The maximum atomic E-state index is 13.1. The summed E-state index contributed by atoms with van der Waals surface area (Å²) in [6, 6.07) is 14.6. The fraction of sp³-hybridized carbons (Fsp3) is 0.385. The van der Waals surface area contributed by atoms with Gasteiger partial charge in [0.2, 0.25) is 0 Å². The Morgan fingerprint density at radius 3 is 2.17 bits per heavy atom. The number of aromatic nitrogens is 1. The fourth-order valence-corrected chi connectivity index (χ4v) is 4.51. The standard InChI is InChI=1S/C22H22N2OS.2C2H6/c1-14-11-18-9-10-24(13-19(18)12-15(14)2)22(25)20-16(3)23-21(26-20)17-7-5-4-6-8-17;2*1-2/h4-8,11-12H,9-10,13H2,1-3H3;2*1-2H3. The van der Waals surface area contributed by atoms with Crippen LogP contribution in [0.3, 0.4) is 0 Å². The Labute approximate surface area is 185 Å². The van der Waals surface area contributed by atoms with Crippen LogP contribution < -0.4 is 0 Å². The van der Waals surface area contributed by atoms with Crippen LogP contribution in [0.1, 0.15) is 65.3 Å². The quantitative estimate of drug-likeness (QED) is 0.446. The van der Waals surface area contributed by atoms with E-state index < -0.39 is 0 Å². The zero-order valence-corrected chi connectivity index (χ0v) is 20.2. The van der Waals surface area contributed by atoms with Crippen molar-refractivity contribution in [2.45, 2.75) is 61.4 Å². The number of fused-ring (bicyclic) bond motifs is 1. The van der Waals surface area contributed by atoms with Gasteiger partial charge in [-0.2, -0.15) is 0 Å². The summed E-state index contributed by atoms with van der Waals surface area (Å²) in [6.45, 7) is 15.7. The third kappa shape index (κ3) is 5.17. The summed E-state index contributed by atoms with van der Waals surface area (Å²) in [5.74, 6) is 0.103. The van der Waals surface area contributed by atoms with Gasteiger partial charge in [0.15, 0.2) is 0 Å². The van der Waals surface area contributed by atoms with Gasteiger partial charge in [-0.3, -0.25) is 4.79 Å². The van der Waals surface area contributed by atoms with Crippen LogP contribution in [0.5, 0.6) is 0 Å². The van der Waals surface area contributed by atoms with Gasteiger partial charge in [-0.15, -0.1) is 11.3 Å². The molecule has 3 nitrogen and oxygen atoms in total. The molecule has 0 atom stereocenters. The summed E-state index contributed by atoms with van der Waals surface area (Å²) in [5, 5.41) is 0.912. The second-order valence-corrected chi connectivity index (χ2v) is 7.98. The van der Waals surface area contributed by atoms with E-state index in [-0.39, 0.29) is 5.91 Å². The van der Waals surface area contributed by atoms with Crippen molar-refractivity contribution < 1.29 is 4.79 Å². The normalized spacial score (nSPS) is 12.2.